The Balaban J connectivity index is 2.06. The van der Waals surface area contributed by atoms with Crippen LogP contribution in [0.1, 0.15) is 42.1 Å². The van der Waals surface area contributed by atoms with Crippen molar-refractivity contribution in [3.8, 4) is 0 Å². The van der Waals surface area contributed by atoms with Gasteiger partial charge in [-0.05, 0) is 42.2 Å². The van der Waals surface area contributed by atoms with E-state index in [1.807, 2.05) is 42.5 Å². The van der Waals surface area contributed by atoms with Crippen molar-refractivity contribution in [3.05, 3.63) is 59.7 Å². The van der Waals surface area contributed by atoms with Crippen LogP contribution in [0, 0.1) is 0 Å². The van der Waals surface area contributed by atoms with Gasteiger partial charge >= 0.3 is 0 Å². The van der Waals surface area contributed by atoms with Crippen molar-refractivity contribution in [2.75, 3.05) is 12.4 Å². The van der Waals surface area contributed by atoms with Gasteiger partial charge in [-0.1, -0.05) is 43.2 Å². The summed E-state index contributed by atoms with van der Waals surface area (Å²) in [7, 11) is 1.34. The highest BCUT2D eigenvalue weighted by molar-refractivity contribution is 7.94. The van der Waals surface area contributed by atoms with Crippen molar-refractivity contribution in [1.29, 1.82) is 0 Å². The number of rotatable bonds is 8. The van der Waals surface area contributed by atoms with Gasteiger partial charge in [-0.15, -0.1) is 4.33 Å². The van der Waals surface area contributed by atoms with Crippen LogP contribution in [-0.4, -0.2) is 13.0 Å². The van der Waals surface area contributed by atoms with E-state index < -0.39 is 0 Å². The monoisotopic (exact) mass is 347 g/mol. The van der Waals surface area contributed by atoms with Crippen molar-refractivity contribution >= 4 is 23.6 Å². The lowest BCUT2D eigenvalue weighted by Gasteiger charge is -2.11. The van der Waals surface area contributed by atoms with Crippen LogP contribution < -0.4 is 5.32 Å². The molecule has 0 aliphatic heterocycles. The molecule has 6 heteroatoms. The lowest BCUT2D eigenvalue weighted by molar-refractivity contribution is -0.447. The molecule has 0 spiro atoms. The second kappa shape index (κ2) is 9.44. The van der Waals surface area contributed by atoms with Crippen molar-refractivity contribution in [3.63, 3.8) is 0 Å². The highest BCUT2D eigenvalue weighted by Gasteiger charge is 2.11. The Morgan fingerprint density at radius 3 is 2.54 bits per heavy atom. The molecule has 24 heavy (non-hydrogen) atoms. The second-order valence-corrected chi connectivity index (χ2v) is 6.01. The number of para-hydroxylation sites is 1. The zero-order chi connectivity index (χ0) is 17.4. The van der Waals surface area contributed by atoms with E-state index in [0.29, 0.717) is 22.1 Å². The molecular formula is C18H21NO4S. The first-order valence-electron chi connectivity index (χ1n) is 7.70. The van der Waals surface area contributed by atoms with Crippen molar-refractivity contribution in [2.45, 2.75) is 31.1 Å². The molecule has 0 saturated heterocycles. The molecule has 5 nitrogen and oxygen atoms in total. The van der Waals surface area contributed by atoms with E-state index in [4.69, 9.17) is 4.33 Å². The molecule has 0 saturated carbocycles. The summed E-state index contributed by atoms with van der Waals surface area (Å²) in [4.78, 5) is 17.5. The average Bonchev–Trinajstić information content (AvgIpc) is 2.62. The lowest BCUT2D eigenvalue weighted by atomic mass is 9.97. The van der Waals surface area contributed by atoms with Gasteiger partial charge in [0, 0.05) is 5.56 Å². The molecule has 1 N–H and O–H groups in total. The number of anilines is 1. The number of carbonyl (C=O) groups is 1. The molecular weight excluding hydrogens is 326 g/mol. The predicted octanol–water partition coefficient (Wildman–Crippen LogP) is 4.97. The molecule has 0 aliphatic rings. The summed E-state index contributed by atoms with van der Waals surface area (Å²) in [6.45, 7) is 4.32. The maximum absolute atomic E-state index is 12.4. The molecule has 1 amide bonds. The molecule has 0 radical (unpaired) electrons. The maximum Gasteiger partial charge on any atom is 0.255 e. The fourth-order valence-electron chi connectivity index (χ4n) is 2.11. The third-order valence-corrected chi connectivity index (χ3v) is 4.37. The third kappa shape index (κ3) is 5.07. The number of benzene rings is 2. The number of hydrogen-bond acceptors (Lipinski definition) is 5. The Kier molecular flexibility index (Phi) is 7.27. The fourth-order valence-corrected chi connectivity index (χ4v) is 2.61. The zero-order valence-electron chi connectivity index (χ0n) is 13.9. The van der Waals surface area contributed by atoms with Gasteiger partial charge in [-0.25, -0.2) is 4.89 Å². The summed E-state index contributed by atoms with van der Waals surface area (Å²) in [5.74, 6) is 0.309. The second-order valence-electron chi connectivity index (χ2n) is 5.27. The van der Waals surface area contributed by atoms with Crippen molar-refractivity contribution < 1.29 is 19.1 Å². The summed E-state index contributed by atoms with van der Waals surface area (Å²) in [5, 5.41) is 7.26. The predicted molar refractivity (Wildman–Crippen MR) is 94.6 cm³/mol. The first-order chi connectivity index (χ1) is 11.7. The topological polar surface area (TPSA) is 56.8 Å². The molecule has 2 aromatic rings. The van der Waals surface area contributed by atoms with Gasteiger partial charge < -0.3 is 5.32 Å². The first-order valence-corrected chi connectivity index (χ1v) is 8.44. The molecule has 0 heterocycles. The Hall–Kier alpha value is -1.86. The fraction of sp³-hybridized carbons (Fsp3) is 0.278. The Labute approximate surface area is 146 Å². The molecule has 0 bridgehead atoms. The summed E-state index contributed by atoms with van der Waals surface area (Å²) < 4.78 is 4.79. The minimum Gasteiger partial charge on any atom is -0.321 e. The van der Waals surface area contributed by atoms with E-state index in [0.717, 1.165) is 18.5 Å². The number of carbonyl (C=O) groups excluding carboxylic acids is 1. The number of amides is 1. The van der Waals surface area contributed by atoms with Crippen LogP contribution in [0.4, 0.5) is 5.69 Å². The average molecular weight is 347 g/mol. The summed E-state index contributed by atoms with van der Waals surface area (Å²) >= 11 is 0.956. The zero-order valence-corrected chi connectivity index (χ0v) is 14.8. The van der Waals surface area contributed by atoms with Gasteiger partial charge in [0.15, 0.2) is 0 Å². The molecule has 1 unspecified atom stereocenters. The largest absolute Gasteiger partial charge is 0.321 e. The van der Waals surface area contributed by atoms with Gasteiger partial charge in [0.25, 0.3) is 5.91 Å². The van der Waals surface area contributed by atoms with E-state index >= 15 is 0 Å². The highest BCUT2D eigenvalue weighted by atomic mass is 32.2. The molecule has 2 rings (SSSR count). The Bertz CT molecular complexity index is 660. The normalized spacial score (nSPS) is 12.0. The smallest absolute Gasteiger partial charge is 0.255 e. The van der Waals surface area contributed by atoms with E-state index in [9.17, 15) is 4.79 Å². The SMILES string of the molecule is CCC(C)c1ccc(C(=O)Nc2ccccc2SOOOC)cc1. The third-order valence-electron chi connectivity index (χ3n) is 3.71. The van der Waals surface area contributed by atoms with Gasteiger partial charge in [-0.2, -0.15) is 0 Å². The molecule has 2 aromatic carbocycles. The van der Waals surface area contributed by atoms with Crippen LogP contribution in [0.3, 0.4) is 0 Å². The minimum atomic E-state index is -0.175. The molecule has 0 aliphatic carbocycles. The van der Waals surface area contributed by atoms with Crippen LogP contribution in [0.15, 0.2) is 53.4 Å². The number of nitrogens with one attached hydrogen (secondary N) is 1. The first kappa shape index (κ1) is 18.5. The Morgan fingerprint density at radius 2 is 1.88 bits per heavy atom. The summed E-state index contributed by atoms with van der Waals surface area (Å²) in [6, 6.07) is 15.0. The van der Waals surface area contributed by atoms with E-state index in [1.165, 1.54) is 12.7 Å². The lowest BCUT2D eigenvalue weighted by Crippen LogP contribution is -2.12. The highest BCUT2D eigenvalue weighted by Crippen LogP contribution is 2.28. The van der Waals surface area contributed by atoms with Crippen LogP contribution >= 0.6 is 12.0 Å². The summed E-state index contributed by atoms with van der Waals surface area (Å²) in [6.07, 6.45) is 1.07. The number of hydrogen-bond donors (Lipinski definition) is 1. The van der Waals surface area contributed by atoms with E-state index in [1.54, 1.807) is 6.07 Å². The van der Waals surface area contributed by atoms with Gasteiger partial charge in [0.05, 0.1) is 29.7 Å². The maximum atomic E-state index is 12.4. The van der Waals surface area contributed by atoms with Gasteiger partial charge in [0.1, 0.15) is 0 Å². The van der Waals surface area contributed by atoms with E-state index in [-0.39, 0.29) is 5.91 Å². The minimum absolute atomic E-state index is 0.175. The molecule has 0 aromatic heterocycles. The van der Waals surface area contributed by atoms with Crippen LogP contribution in [0.2, 0.25) is 0 Å². The molecule has 128 valence electrons. The van der Waals surface area contributed by atoms with Crippen LogP contribution in [0.25, 0.3) is 0 Å². The van der Waals surface area contributed by atoms with Gasteiger partial charge in [-0.3, -0.25) is 4.79 Å². The van der Waals surface area contributed by atoms with Crippen LogP contribution in [0.5, 0.6) is 0 Å². The van der Waals surface area contributed by atoms with Crippen LogP contribution in [-0.2, 0) is 14.3 Å². The van der Waals surface area contributed by atoms with Crippen molar-refractivity contribution in [2.24, 2.45) is 0 Å². The standard InChI is InChI=1S/C18H21NO4S/c1-4-13(2)14-9-11-15(12-10-14)18(20)19-16-7-5-6-8-17(16)24-23-22-21-3/h5-13H,4H2,1-3H3,(H,19,20). The van der Waals surface area contributed by atoms with E-state index in [2.05, 4.69) is 29.1 Å². The van der Waals surface area contributed by atoms with Gasteiger partial charge in [0.2, 0.25) is 0 Å². The quantitative estimate of drug-likeness (QED) is 0.316. The van der Waals surface area contributed by atoms with Crippen molar-refractivity contribution in [1.82, 2.24) is 0 Å². The summed E-state index contributed by atoms with van der Waals surface area (Å²) in [5.41, 5.74) is 2.48. The Morgan fingerprint density at radius 1 is 1.17 bits per heavy atom. The molecule has 1 atom stereocenters. The molecule has 0 fully saturated rings.